The Kier molecular flexibility index (Phi) is 2.37. The minimum Gasteiger partial charge on any atom is -0.505 e. The average Bonchev–Trinajstić information content (AvgIpc) is 2.15. The van der Waals surface area contributed by atoms with Crippen molar-refractivity contribution in [1.82, 2.24) is 10.3 Å². The van der Waals surface area contributed by atoms with Crippen molar-refractivity contribution in [1.29, 1.82) is 0 Å². The number of pyridine rings is 1. The summed E-state index contributed by atoms with van der Waals surface area (Å²) in [4.78, 5) is 3.76. The van der Waals surface area contributed by atoms with Gasteiger partial charge in [0.1, 0.15) is 0 Å². The number of aromatic nitrogens is 1. The lowest BCUT2D eigenvalue weighted by Crippen LogP contribution is -2.25. The van der Waals surface area contributed by atoms with Crippen molar-refractivity contribution in [3.8, 4) is 5.75 Å². The zero-order valence-corrected chi connectivity index (χ0v) is 8.58. The first-order valence-corrected chi connectivity index (χ1v) is 5.82. The van der Waals surface area contributed by atoms with Crippen LogP contribution in [0.15, 0.2) is 11.1 Å². The standard InChI is InChI=1S/C8H10N2O4S/c11-7-3-5-4-9-2-1-6(5)10-8(7)15(12,13)14/h3,9,11H,1-2,4H2,(H,12,13,14). The third kappa shape index (κ3) is 1.94. The van der Waals surface area contributed by atoms with Gasteiger partial charge >= 0.3 is 10.1 Å². The Morgan fingerprint density at radius 3 is 2.87 bits per heavy atom. The summed E-state index contributed by atoms with van der Waals surface area (Å²) < 4.78 is 30.5. The van der Waals surface area contributed by atoms with E-state index in [-0.39, 0.29) is 0 Å². The highest BCUT2D eigenvalue weighted by Gasteiger charge is 2.21. The van der Waals surface area contributed by atoms with E-state index in [2.05, 4.69) is 10.3 Å². The predicted molar refractivity (Wildman–Crippen MR) is 51.1 cm³/mol. The van der Waals surface area contributed by atoms with Gasteiger partial charge in [-0.15, -0.1) is 0 Å². The number of fused-ring (bicyclic) bond motifs is 1. The Morgan fingerprint density at radius 1 is 1.47 bits per heavy atom. The Morgan fingerprint density at radius 2 is 2.20 bits per heavy atom. The van der Waals surface area contributed by atoms with Crippen LogP contribution in [0.4, 0.5) is 0 Å². The Bertz CT molecular complexity index is 498. The first kappa shape index (κ1) is 10.3. The van der Waals surface area contributed by atoms with Gasteiger partial charge in [0.05, 0.1) is 0 Å². The molecule has 6 nitrogen and oxygen atoms in total. The number of nitrogens with one attached hydrogen (secondary N) is 1. The largest absolute Gasteiger partial charge is 0.505 e. The number of hydrogen-bond donors (Lipinski definition) is 3. The monoisotopic (exact) mass is 230 g/mol. The van der Waals surface area contributed by atoms with Gasteiger partial charge in [-0.3, -0.25) is 4.55 Å². The van der Waals surface area contributed by atoms with Gasteiger partial charge in [0.25, 0.3) is 0 Å². The van der Waals surface area contributed by atoms with Crippen molar-refractivity contribution >= 4 is 10.1 Å². The molecular weight excluding hydrogens is 220 g/mol. The fraction of sp³-hybridized carbons (Fsp3) is 0.375. The van der Waals surface area contributed by atoms with E-state index in [1.54, 1.807) is 0 Å². The lowest BCUT2D eigenvalue weighted by Gasteiger charge is -2.16. The minimum atomic E-state index is -4.45. The third-order valence-corrected chi connectivity index (χ3v) is 3.02. The minimum absolute atomic E-state index is 0.514. The quantitative estimate of drug-likeness (QED) is 0.572. The van der Waals surface area contributed by atoms with Gasteiger partial charge in [-0.1, -0.05) is 0 Å². The van der Waals surface area contributed by atoms with Crippen LogP contribution >= 0.6 is 0 Å². The van der Waals surface area contributed by atoms with E-state index in [9.17, 15) is 13.5 Å². The second-order valence-corrected chi connectivity index (χ2v) is 4.66. The van der Waals surface area contributed by atoms with Crippen molar-refractivity contribution in [2.45, 2.75) is 18.0 Å². The van der Waals surface area contributed by atoms with Crippen LogP contribution in [0.5, 0.6) is 5.75 Å². The molecule has 1 aromatic rings. The summed E-state index contributed by atoms with van der Waals surface area (Å²) in [6.07, 6.45) is 0.581. The molecule has 0 unspecified atom stereocenters. The highest BCUT2D eigenvalue weighted by atomic mass is 32.2. The van der Waals surface area contributed by atoms with Gasteiger partial charge < -0.3 is 10.4 Å². The molecule has 2 heterocycles. The highest BCUT2D eigenvalue weighted by Crippen LogP contribution is 2.24. The Labute approximate surface area is 86.7 Å². The van der Waals surface area contributed by atoms with E-state index >= 15 is 0 Å². The van der Waals surface area contributed by atoms with Gasteiger partial charge in [0.2, 0.25) is 5.03 Å². The molecule has 0 aliphatic carbocycles. The maximum absolute atomic E-state index is 10.9. The molecule has 2 rings (SSSR count). The maximum atomic E-state index is 10.9. The molecule has 0 saturated carbocycles. The maximum Gasteiger partial charge on any atom is 0.315 e. The Balaban J connectivity index is 2.60. The van der Waals surface area contributed by atoms with Crippen LogP contribution in [0.25, 0.3) is 0 Å². The van der Waals surface area contributed by atoms with Gasteiger partial charge in [-0.2, -0.15) is 8.42 Å². The molecule has 15 heavy (non-hydrogen) atoms. The number of rotatable bonds is 1. The fourth-order valence-electron chi connectivity index (χ4n) is 1.55. The summed E-state index contributed by atoms with van der Waals surface area (Å²) in [7, 11) is -4.45. The molecule has 82 valence electrons. The SMILES string of the molecule is O=S(=O)(O)c1nc2c(cc1O)CNCC2. The summed E-state index contributed by atoms with van der Waals surface area (Å²) in [6, 6.07) is 1.32. The third-order valence-electron chi connectivity index (χ3n) is 2.24. The molecule has 1 aliphatic rings. The summed E-state index contributed by atoms with van der Waals surface area (Å²) in [5.41, 5.74) is 1.35. The molecule has 0 fully saturated rings. The van der Waals surface area contributed by atoms with Gasteiger partial charge in [0.15, 0.2) is 5.75 Å². The first-order chi connectivity index (χ1) is 6.98. The van der Waals surface area contributed by atoms with Crippen LogP contribution in [0.3, 0.4) is 0 Å². The summed E-state index contributed by atoms with van der Waals surface area (Å²) in [5, 5.41) is 11.8. The highest BCUT2D eigenvalue weighted by molar-refractivity contribution is 7.85. The molecule has 0 bridgehead atoms. The molecule has 0 amide bonds. The zero-order chi connectivity index (χ0) is 11.1. The van der Waals surface area contributed by atoms with Crippen molar-refractivity contribution in [3.63, 3.8) is 0 Å². The van der Waals surface area contributed by atoms with Crippen LogP contribution < -0.4 is 5.32 Å². The van der Waals surface area contributed by atoms with E-state index in [1.165, 1.54) is 6.07 Å². The van der Waals surface area contributed by atoms with E-state index in [0.29, 0.717) is 25.2 Å². The summed E-state index contributed by atoms with van der Waals surface area (Å²) in [6.45, 7) is 1.25. The molecule has 0 saturated heterocycles. The Hall–Kier alpha value is -1.18. The van der Waals surface area contributed by atoms with Crippen LogP contribution in [-0.4, -0.2) is 29.6 Å². The molecule has 0 radical (unpaired) electrons. The number of nitrogens with zero attached hydrogens (tertiary/aromatic N) is 1. The van der Waals surface area contributed by atoms with Gasteiger partial charge in [0, 0.05) is 25.2 Å². The average molecular weight is 230 g/mol. The smallest absolute Gasteiger partial charge is 0.315 e. The normalized spacial score (nSPS) is 16.1. The summed E-state index contributed by atoms with van der Waals surface area (Å²) in [5.74, 6) is -0.514. The lowest BCUT2D eigenvalue weighted by molar-refractivity contribution is 0.430. The second kappa shape index (κ2) is 3.44. The molecule has 0 aromatic carbocycles. The van der Waals surface area contributed by atoms with Crippen molar-refractivity contribution in [3.05, 3.63) is 17.3 Å². The van der Waals surface area contributed by atoms with Crippen LogP contribution in [0, 0.1) is 0 Å². The van der Waals surface area contributed by atoms with Crippen molar-refractivity contribution in [2.75, 3.05) is 6.54 Å². The van der Waals surface area contributed by atoms with Crippen LogP contribution in [0.2, 0.25) is 0 Å². The first-order valence-electron chi connectivity index (χ1n) is 4.38. The van der Waals surface area contributed by atoms with Crippen LogP contribution in [0.1, 0.15) is 11.3 Å². The van der Waals surface area contributed by atoms with Crippen molar-refractivity contribution in [2.24, 2.45) is 0 Å². The van der Waals surface area contributed by atoms with Gasteiger partial charge in [-0.25, -0.2) is 4.98 Å². The van der Waals surface area contributed by atoms with E-state index < -0.39 is 20.9 Å². The van der Waals surface area contributed by atoms with E-state index in [0.717, 1.165) is 5.56 Å². The zero-order valence-electron chi connectivity index (χ0n) is 7.77. The predicted octanol–water partition coefficient (Wildman–Crippen LogP) is -0.320. The van der Waals surface area contributed by atoms with E-state index in [4.69, 9.17) is 4.55 Å². The van der Waals surface area contributed by atoms with Gasteiger partial charge in [-0.05, 0) is 11.6 Å². The number of aromatic hydroxyl groups is 1. The molecule has 0 atom stereocenters. The molecule has 7 heteroatoms. The molecular formula is C8H10N2O4S. The fourth-order valence-corrected chi connectivity index (χ4v) is 2.10. The van der Waals surface area contributed by atoms with Crippen LogP contribution in [-0.2, 0) is 23.1 Å². The van der Waals surface area contributed by atoms with E-state index in [1.807, 2.05) is 0 Å². The second-order valence-electron chi connectivity index (χ2n) is 3.32. The number of hydrogen-bond acceptors (Lipinski definition) is 5. The lowest BCUT2D eigenvalue weighted by atomic mass is 10.1. The molecule has 1 aliphatic heterocycles. The molecule has 1 aromatic heterocycles. The summed E-state index contributed by atoms with van der Waals surface area (Å²) >= 11 is 0. The molecule has 0 spiro atoms. The van der Waals surface area contributed by atoms with Crippen molar-refractivity contribution < 1.29 is 18.1 Å². The topological polar surface area (TPSA) is 99.5 Å². The molecule has 3 N–H and O–H groups in total.